The van der Waals surface area contributed by atoms with E-state index in [2.05, 4.69) is 4.98 Å². The molecule has 0 unspecified atom stereocenters. The molecular formula is C18H16N2O4S2. The highest BCUT2D eigenvalue weighted by Gasteiger charge is 2.33. The molecule has 0 aliphatic carbocycles. The van der Waals surface area contributed by atoms with Gasteiger partial charge in [-0.2, -0.15) is 0 Å². The molecule has 1 fully saturated rings. The summed E-state index contributed by atoms with van der Waals surface area (Å²) < 4.78 is 0. The standard InChI is InChI=1S/C18H16N2O4S2/c1-12-10-13(18(23)24-20-16(21)7-8-17(20)22)5-6-14(12)11-25-26-15-4-2-3-9-19-15/h2-6,9-10H,7-8,11H2,1H3. The summed E-state index contributed by atoms with van der Waals surface area (Å²) in [6, 6.07) is 11.0. The van der Waals surface area contributed by atoms with Crippen molar-refractivity contribution in [1.82, 2.24) is 10.0 Å². The van der Waals surface area contributed by atoms with Crippen molar-refractivity contribution in [2.45, 2.75) is 30.5 Å². The molecule has 134 valence electrons. The number of benzene rings is 1. The van der Waals surface area contributed by atoms with Gasteiger partial charge in [0.1, 0.15) is 5.03 Å². The van der Waals surface area contributed by atoms with Gasteiger partial charge >= 0.3 is 5.97 Å². The fourth-order valence-electron chi connectivity index (χ4n) is 2.33. The minimum absolute atomic E-state index is 0.0786. The number of amides is 2. The topological polar surface area (TPSA) is 76.6 Å². The highest BCUT2D eigenvalue weighted by Crippen LogP contribution is 2.33. The molecule has 2 aromatic rings. The molecule has 2 heterocycles. The van der Waals surface area contributed by atoms with E-state index in [4.69, 9.17) is 4.84 Å². The number of pyridine rings is 1. The van der Waals surface area contributed by atoms with Gasteiger partial charge in [0.05, 0.1) is 5.56 Å². The highest BCUT2D eigenvalue weighted by atomic mass is 33.1. The van der Waals surface area contributed by atoms with Gasteiger partial charge in [0.25, 0.3) is 11.8 Å². The lowest BCUT2D eigenvalue weighted by Gasteiger charge is -2.13. The smallest absolute Gasteiger partial charge is 0.325 e. The van der Waals surface area contributed by atoms with Crippen LogP contribution in [0.4, 0.5) is 0 Å². The lowest BCUT2D eigenvalue weighted by molar-refractivity contribution is -0.172. The summed E-state index contributed by atoms with van der Waals surface area (Å²) in [7, 11) is 3.24. The highest BCUT2D eigenvalue weighted by molar-refractivity contribution is 8.76. The van der Waals surface area contributed by atoms with Crippen LogP contribution in [-0.4, -0.2) is 27.8 Å². The van der Waals surface area contributed by atoms with Gasteiger partial charge in [-0.3, -0.25) is 9.59 Å². The number of imide groups is 1. The molecule has 0 radical (unpaired) electrons. The van der Waals surface area contributed by atoms with Crippen LogP contribution in [0.3, 0.4) is 0 Å². The van der Waals surface area contributed by atoms with Gasteiger partial charge in [-0.05, 0) is 53.1 Å². The van der Waals surface area contributed by atoms with Crippen molar-refractivity contribution in [3.8, 4) is 0 Å². The Labute approximate surface area is 158 Å². The Bertz CT molecular complexity index is 826. The molecule has 8 heteroatoms. The largest absolute Gasteiger partial charge is 0.363 e. The maximum atomic E-state index is 12.2. The van der Waals surface area contributed by atoms with Crippen LogP contribution in [0.25, 0.3) is 0 Å². The molecule has 0 atom stereocenters. The molecule has 3 rings (SSSR count). The third kappa shape index (κ3) is 4.44. The van der Waals surface area contributed by atoms with Crippen LogP contribution in [0.2, 0.25) is 0 Å². The molecule has 1 aliphatic heterocycles. The van der Waals surface area contributed by atoms with Crippen LogP contribution in [0.15, 0.2) is 47.6 Å². The summed E-state index contributed by atoms with van der Waals surface area (Å²) in [5.41, 5.74) is 2.33. The molecule has 1 aromatic carbocycles. The van der Waals surface area contributed by atoms with Gasteiger partial charge in [0.15, 0.2) is 0 Å². The Balaban J connectivity index is 1.59. The van der Waals surface area contributed by atoms with Crippen LogP contribution >= 0.6 is 21.6 Å². The zero-order chi connectivity index (χ0) is 18.5. The second-order valence-corrected chi connectivity index (χ2v) is 7.93. The van der Waals surface area contributed by atoms with Crippen LogP contribution in [-0.2, 0) is 20.2 Å². The van der Waals surface area contributed by atoms with E-state index in [-0.39, 0.29) is 12.8 Å². The molecule has 0 N–H and O–H groups in total. The number of aromatic nitrogens is 1. The molecule has 1 aromatic heterocycles. The normalized spacial score (nSPS) is 14.0. The molecule has 26 heavy (non-hydrogen) atoms. The van der Waals surface area contributed by atoms with E-state index in [9.17, 15) is 14.4 Å². The average Bonchev–Trinajstić information content (AvgIpc) is 2.96. The molecule has 1 aliphatic rings. The van der Waals surface area contributed by atoms with E-state index in [0.717, 1.165) is 21.9 Å². The van der Waals surface area contributed by atoms with Gasteiger partial charge in [-0.15, -0.1) is 5.06 Å². The van der Waals surface area contributed by atoms with E-state index < -0.39 is 17.8 Å². The molecule has 6 nitrogen and oxygen atoms in total. The van der Waals surface area contributed by atoms with E-state index in [0.29, 0.717) is 10.6 Å². The summed E-state index contributed by atoms with van der Waals surface area (Å²) in [5.74, 6) is -0.927. The quantitative estimate of drug-likeness (QED) is 0.553. The van der Waals surface area contributed by atoms with Crippen molar-refractivity contribution < 1.29 is 19.2 Å². The van der Waals surface area contributed by atoms with Gasteiger partial charge in [-0.25, -0.2) is 9.78 Å². The first kappa shape index (κ1) is 18.5. The molecule has 2 amide bonds. The van der Waals surface area contributed by atoms with Gasteiger partial charge in [0, 0.05) is 24.8 Å². The molecule has 0 saturated carbocycles. The molecular weight excluding hydrogens is 372 g/mol. The fraction of sp³-hybridized carbons (Fsp3) is 0.222. The van der Waals surface area contributed by atoms with Gasteiger partial charge in [-0.1, -0.05) is 22.9 Å². The summed E-state index contributed by atoms with van der Waals surface area (Å²) in [5, 5.41) is 1.50. The summed E-state index contributed by atoms with van der Waals surface area (Å²) in [6.07, 6.45) is 1.91. The lowest BCUT2D eigenvalue weighted by Crippen LogP contribution is -2.32. The van der Waals surface area contributed by atoms with E-state index in [1.54, 1.807) is 39.9 Å². The summed E-state index contributed by atoms with van der Waals surface area (Å²) in [6.45, 7) is 1.91. The number of carbonyl (C=O) groups is 3. The van der Waals surface area contributed by atoms with Gasteiger partial charge < -0.3 is 4.84 Å². The lowest BCUT2D eigenvalue weighted by atomic mass is 10.1. The first-order chi connectivity index (χ1) is 12.5. The number of nitrogens with zero attached hydrogens (tertiary/aromatic N) is 2. The van der Waals surface area contributed by atoms with Crippen LogP contribution < -0.4 is 0 Å². The number of aryl methyl sites for hydroxylation is 1. The minimum atomic E-state index is -0.709. The maximum Gasteiger partial charge on any atom is 0.363 e. The van der Waals surface area contributed by atoms with E-state index in [1.807, 2.05) is 31.2 Å². The fourth-order valence-corrected chi connectivity index (χ4v) is 4.41. The number of hydroxylamine groups is 2. The van der Waals surface area contributed by atoms with Crippen molar-refractivity contribution in [1.29, 1.82) is 0 Å². The first-order valence-corrected chi connectivity index (χ1v) is 10.2. The monoisotopic (exact) mass is 388 g/mol. The Morgan fingerprint density at radius 3 is 2.62 bits per heavy atom. The third-order valence-electron chi connectivity index (χ3n) is 3.75. The van der Waals surface area contributed by atoms with Crippen molar-refractivity contribution in [2.75, 3.05) is 0 Å². The van der Waals surface area contributed by atoms with E-state index >= 15 is 0 Å². The second-order valence-electron chi connectivity index (χ2n) is 5.62. The molecule has 0 spiro atoms. The van der Waals surface area contributed by atoms with Crippen LogP contribution in [0.5, 0.6) is 0 Å². The maximum absolute atomic E-state index is 12.2. The van der Waals surface area contributed by atoms with Crippen molar-refractivity contribution in [3.05, 3.63) is 59.3 Å². The molecule has 0 bridgehead atoms. The van der Waals surface area contributed by atoms with Crippen molar-refractivity contribution >= 4 is 39.4 Å². The third-order valence-corrected chi connectivity index (χ3v) is 5.93. The van der Waals surface area contributed by atoms with Crippen LogP contribution in [0.1, 0.15) is 34.3 Å². The van der Waals surface area contributed by atoms with Crippen molar-refractivity contribution in [3.63, 3.8) is 0 Å². The Morgan fingerprint density at radius 1 is 1.19 bits per heavy atom. The predicted octanol–water partition coefficient (Wildman–Crippen LogP) is 3.55. The van der Waals surface area contributed by atoms with E-state index in [1.165, 1.54) is 0 Å². The Hall–Kier alpha value is -2.32. The average molecular weight is 388 g/mol. The summed E-state index contributed by atoms with van der Waals surface area (Å²) in [4.78, 5) is 44.4. The zero-order valence-corrected chi connectivity index (χ0v) is 15.6. The SMILES string of the molecule is Cc1cc(C(=O)ON2C(=O)CCC2=O)ccc1CSSc1ccccn1. The number of carbonyl (C=O) groups excluding carboxylic acids is 3. The first-order valence-electron chi connectivity index (χ1n) is 7.92. The number of hydrogen-bond donors (Lipinski definition) is 0. The summed E-state index contributed by atoms with van der Waals surface area (Å²) >= 11 is 0. The number of rotatable bonds is 6. The van der Waals surface area contributed by atoms with Gasteiger partial charge in [0.2, 0.25) is 0 Å². The Morgan fingerprint density at radius 2 is 1.96 bits per heavy atom. The zero-order valence-electron chi connectivity index (χ0n) is 14.0. The van der Waals surface area contributed by atoms with Crippen molar-refractivity contribution in [2.24, 2.45) is 0 Å². The number of hydrogen-bond acceptors (Lipinski definition) is 7. The minimum Gasteiger partial charge on any atom is -0.325 e. The molecule has 1 saturated heterocycles. The predicted molar refractivity (Wildman–Crippen MR) is 99.1 cm³/mol. The second kappa shape index (κ2) is 8.37. The van der Waals surface area contributed by atoms with Crippen LogP contribution in [0, 0.1) is 6.92 Å². The Kier molecular flexibility index (Phi) is 5.95.